The lowest BCUT2D eigenvalue weighted by Gasteiger charge is -2.15. The molecule has 1 aliphatic rings. The molecule has 2 heterocycles. The Bertz CT molecular complexity index is 563. The molecule has 1 atom stereocenters. The maximum absolute atomic E-state index is 11.8. The van der Waals surface area contributed by atoms with Crippen molar-refractivity contribution < 1.29 is 4.74 Å². The van der Waals surface area contributed by atoms with Gasteiger partial charge in [-0.15, -0.1) is 0 Å². The quantitative estimate of drug-likeness (QED) is 0.687. The highest BCUT2D eigenvalue weighted by Crippen LogP contribution is 2.26. The van der Waals surface area contributed by atoms with Crippen LogP contribution in [0.1, 0.15) is 12.8 Å². The van der Waals surface area contributed by atoms with Crippen molar-refractivity contribution in [2.24, 2.45) is 0 Å². The van der Waals surface area contributed by atoms with Crippen molar-refractivity contribution >= 4 is 23.3 Å². The summed E-state index contributed by atoms with van der Waals surface area (Å²) in [6.07, 6.45) is 2.34. The topological polar surface area (TPSA) is 102 Å². The number of ether oxygens (including phenoxy) is 1. The van der Waals surface area contributed by atoms with E-state index in [-0.39, 0.29) is 11.5 Å². The van der Waals surface area contributed by atoms with Crippen LogP contribution in [0.3, 0.4) is 0 Å². The molecule has 0 radical (unpaired) electrons. The highest BCUT2D eigenvalue weighted by atomic mass is 32.2. The van der Waals surface area contributed by atoms with Crippen LogP contribution in [0.2, 0.25) is 0 Å². The van der Waals surface area contributed by atoms with Gasteiger partial charge in [0.25, 0.3) is 5.56 Å². The van der Waals surface area contributed by atoms with Gasteiger partial charge in [-0.3, -0.25) is 14.3 Å². The maximum Gasteiger partial charge on any atom is 0.330 e. The van der Waals surface area contributed by atoms with E-state index in [4.69, 9.17) is 10.5 Å². The lowest BCUT2D eigenvalue weighted by Crippen LogP contribution is -2.35. The maximum atomic E-state index is 11.8. The van der Waals surface area contributed by atoms with E-state index >= 15 is 0 Å². The number of thioether (sulfide) groups is 1. The summed E-state index contributed by atoms with van der Waals surface area (Å²) >= 11 is 1.89. The van der Waals surface area contributed by atoms with E-state index in [1.807, 2.05) is 11.8 Å². The zero-order valence-electron chi connectivity index (χ0n) is 11.5. The van der Waals surface area contributed by atoms with Crippen molar-refractivity contribution in [3.63, 3.8) is 0 Å². The van der Waals surface area contributed by atoms with E-state index in [0.29, 0.717) is 24.9 Å². The number of anilines is 2. The summed E-state index contributed by atoms with van der Waals surface area (Å²) in [5.41, 5.74) is 5.22. The van der Waals surface area contributed by atoms with E-state index in [0.717, 1.165) is 12.2 Å². The van der Waals surface area contributed by atoms with Gasteiger partial charge in [-0.2, -0.15) is 11.8 Å². The van der Waals surface area contributed by atoms with E-state index in [1.54, 1.807) is 7.11 Å². The molecule has 8 heteroatoms. The number of rotatable bonds is 6. The summed E-state index contributed by atoms with van der Waals surface area (Å²) in [4.78, 5) is 25.8. The van der Waals surface area contributed by atoms with Crippen molar-refractivity contribution in [3.8, 4) is 0 Å². The SMILES string of the molecule is COCCn1c(N)c(NCC2CCCS2)c(=O)[nH]c1=O. The zero-order valence-corrected chi connectivity index (χ0v) is 12.3. The Morgan fingerprint density at radius 1 is 1.55 bits per heavy atom. The molecule has 0 bridgehead atoms. The molecule has 20 heavy (non-hydrogen) atoms. The largest absolute Gasteiger partial charge is 0.383 e. The van der Waals surface area contributed by atoms with E-state index in [1.165, 1.54) is 11.0 Å². The smallest absolute Gasteiger partial charge is 0.330 e. The number of H-pyrrole nitrogens is 1. The van der Waals surface area contributed by atoms with Crippen LogP contribution < -0.4 is 22.3 Å². The average molecular weight is 300 g/mol. The predicted molar refractivity (Wildman–Crippen MR) is 81.6 cm³/mol. The van der Waals surface area contributed by atoms with E-state index in [9.17, 15) is 9.59 Å². The number of nitrogens with two attached hydrogens (primary N) is 1. The molecular formula is C12H20N4O3S. The van der Waals surface area contributed by atoms with Gasteiger partial charge in [-0.25, -0.2) is 4.79 Å². The molecule has 7 nitrogen and oxygen atoms in total. The summed E-state index contributed by atoms with van der Waals surface area (Å²) in [6.45, 7) is 1.35. The first-order valence-corrected chi connectivity index (χ1v) is 7.65. The average Bonchev–Trinajstić information content (AvgIpc) is 2.91. The van der Waals surface area contributed by atoms with Crippen LogP contribution in [0.4, 0.5) is 11.5 Å². The van der Waals surface area contributed by atoms with Crippen molar-refractivity contribution in [3.05, 3.63) is 20.8 Å². The van der Waals surface area contributed by atoms with Gasteiger partial charge in [0.15, 0.2) is 0 Å². The molecule has 1 aromatic heterocycles. The molecule has 0 aliphatic carbocycles. The molecule has 2 rings (SSSR count). The molecule has 4 N–H and O–H groups in total. The zero-order chi connectivity index (χ0) is 14.5. The molecule has 0 aromatic carbocycles. The minimum Gasteiger partial charge on any atom is -0.383 e. The van der Waals surface area contributed by atoms with Crippen LogP contribution in [0.25, 0.3) is 0 Å². The first kappa shape index (κ1) is 15.0. The molecule has 1 unspecified atom stereocenters. The van der Waals surface area contributed by atoms with Crippen molar-refractivity contribution in [2.75, 3.05) is 37.1 Å². The number of hydrogen-bond donors (Lipinski definition) is 3. The molecule has 1 aliphatic heterocycles. The summed E-state index contributed by atoms with van der Waals surface area (Å²) in [5.74, 6) is 1.32. The number of hydrogen-bond acceptors (Lipinski definition) is 6. The fourth-order valence-electron chi connectivity index (χ4n) is 2.18. The fraction of sp³-hybridized carbons (Fsp3) is 0.667. The monoisotopic (exact) mass is 300 g/mol. The summed E-state index contributed by atoms with van der Waals surface area (Å²) in [6, 6.07) is 0. The van der Waals surface area contributed by atoms with Crippen LogP contribution in [0, 0.1) is 0 Å². The van der Waals surface area contributed by atoms with Gasteiger partial charge in [-0.05, 0) is 18.6 Å². The Labute approximate surface area is 120 Å². The summed E-state index contributed by atoms with van der Waals surface area (Å²) < 4.78 is 6.25. The number of methoxy groups -OCH3 is 1. The highest BCUT2D eigenvalue weighted by molar-refractivity contribution is 8.00. The van der Waals surface area contributed by atoms with Crippen molar-refractivity contribution in [1.82, 2.24) is 9.55 Å². The Hall–Kier alpha value is -1.41. The standard InChI is InChI=1S/C12H20N4O3S/c1-19-5-4-16-10(13)9(11(17)15-12(16)18)14-7-8-3-2-6-20-8/h8,14H,2-7,13H2,1H3,(H,15,17,18). The van der Waals surface area contributed by atoms with Crippen LogP contribution in [-0.4, -0.2) is 40.8 Å². The number of aromatic nitrogens is 2. The van der Waals surface area contributed by atoms with Crippen LogP contribution >= 0.6 is 11.8 Å². The molecule has 1 aromatic rings. The molecule has 1 saturated heterocycles. The first-order chi connectivity index (χ1) is 9.63. The van der Waals surface area contributed by atoms with Gasteiger partial charge in [0.05, 0.1) is 13.2 Å². The van der Waals surface area contributed by atoms with Crippen molar-refractivity contribution in [2.45, 2.75) is 24.6 Å². The van der Waals surface area contributed by atoms with E-state index in [2.05, 4.69) is 10.3 Å². The number of nitrogen functional groups attached to an aromatic ring is 1. The van der Waals surface area contributed by atoms with E-state index < -0.39 is 11.2 Å². The molecule has 0 spiro atoms. The van der Waals surface area contributed by atoms with Gasteiger partial charge >= 0.3 is 5.69 Å². The van der Waals surface area contributed by atoms with Crippen molar-refractivity contribution in [1.29, 1.82) is 0 Å². The summed E-state index contributed by atoms with van der Waals surface area (Å²) in [7, 11) is 1.55. The molecular weight excluding hydrogens is 280 g/mol. The number of nitrogens with zero attached hydrogens (tertiary/aromatic N) is 1. The Kier molecular flexibility index (Phi) is 5.13. The van der Waals surface area contributed by atoms with Crippen LogP contribution in [-0.2, 0) is 11.3 Å². The minimum atomic E-state index is -0.509. The lowest BCUT2D eigenvalue weighted by molar-refractivity contribution is 0.186. The molecule has 1 fully saturated rings. The van der Waals surface area contributed by atoms with Gasteiger partial charge in [0.2, 0.25) is 0 Å². The normalized spacial score (nSPS) is 18.4. The number of nitrogens with one attached hydrogen (secondary N) is 2. The third kappa shape index (κ3) is 3.37. The van der Waals surface area contributed by atoms with Crippen LogP contribution in [0.5, 0.6) is 0 Å². The molecule has 0 saturated carbocycles. The minimum absolute atomic E-state index is 0.166. The second kappa shape index (κ2) is 6.85. The lowest BCUT2D eigenvalue weighted by atomic mass is 10.2. The number of aromatic amines is 1. The summed E-state index contributed by atoms with van der Waals surface area (Å²) in [5, 5.41) is 3.57. The first-order valence-electron chi connectivity index (χ1n) is 6.60. The Balaban J connectivity index is 2.18. The molecule has 0 amide bonds. The van der Waals surface area contributed by atoms with Gasteiger partial charge in [0, 0.05) is 18.9 Å². The van der Waals surface area contributed by atoms with Crippen LogP contribution in [0.15, 0.2) is 9.59 Å². The second-order valence-electron chi connectivity index (χ2n) is 4.68. The Morgan fingerprint density at radius 2 is 2.35 bits per heavy atom. The third-order valence-electron chi connectivity index (χ3n) is 3.29. The van der Waals surface area contributed by atoms with Gasteiger partial charge < -0.3 is 15.8 Å². The second-order valence-corrected chi connectivity index (χ2v) is 6.09. The highest BCUT2D eigenvalue weighted by Gasteiger charge is 2.17. The fourth-order valence-corrected chi connectivity index (χ4v) is 3.39. The van der Waals surface area contributed by atoms with Gasteiger partial charge in [-0.1, -0.05) is 0 Å². The molecule has 112 valence electrons. The van der Waals surface area contributed by atoms with Gasteiger partial charge in [0.1, 0.15) is 11.5 Å². The third-order valence-corrected chi connectivity index (χ3v) is 4.69. The predicted octanol–water partition coefficient (Wildman–Crippen LogP) is 0.0727. The Morgan fingerprint density at radius 3 is 3.00 bits per heavy atom.